The van der Waals surface area contributed by atoms with Crippen molar-refractivity contribution in [2.24, 2.45) is 7.05 Å². The van der Waals surface area contributed by atoms with Crippen molar-refractivity contribution in [3.8, 4) is 0 Å². The van der Waals surface area contributed by atoms with Crippen molar-refractivity contribution in [1.82, 2.24) is 15.1 Å². The number of aromatic nitrogens is 2. The molecule has 1 amide bonds. The minimum absolute atomic E-state index is 0.0472. The molecule has 0 aliphatic carbocycles. The maximum Gasteiger partial charge on any atom is 0.339 e. The highest BCUT2D eigenvalue weighted by atomic mass is 16.4. The summed E-state index contributed by atoms with van der Waals surface area (Å²) in [5.74, 6) is -1.58. The van der Waals surface area contributed by atoms with E-state index in [0.717, 1.165) is 6.20 Å². The molecule has 6 heteroatoms. The van der Waals surface area contributed by atoms with E-state index < -0.39 is 11.9 Å². The average molecular weight is 211 g/mol. The van der Waals surface area contributed by atoms with Crippen molar-refractivity contribution in [1.29, 1.82) is 0 Å². The summed E-state index contributed by atoms with van der Waals surface area (Å²) >= 11 is 0. The van der Waals surface area contributed by atoms with Crippen LogP contribution in [0.15, 0.2) is 6.20 Å². The van der Waals surface area contributed by atoms with Crippen molar-refractivity contribution in [3.05, 3.63) is 17.5 Å². The molecule has 0 saturated carbocycles. The number of hydrogen-bond acceptors (Lipinski definition) is 3. The Bertz CT molecular complexity index is 395. The summed E-state index contributed by atoms with van der Waals surface area (Å²) in [4.78, 5) is 22.4. The highest BCUT2D eigenvalue weighted by molar-refractivity contribution is 6.03. The number of nitrogens with one attached hydrogen (secondary N) is 1. The second-order valence-electron chi connectivity index (χ2n) is 3.46. The lowest BCUT2D eigenvalue weighted by atomic mass is 10.2. The molecule has 1 heterocycles. The van der Waals surface area contributed by atoms with Gasteiger partial charge >= 0.3 is 5.97 Å². The molecule has 0 atom stereocenters. The summed E-state index contributed by atoms with van der Waals surface area (Å²) in [5.41, 5.74) is -0.0214. The molecular weight excluding hydrogens is 198 g/mol. The van der Waals surface area contributed by atoms with Gasteiger partial charge in [-0.2, -0.15) is 5.10 Å². The number of amides is 1. The molecule has 0 unspecified atom stereocenters. The van der Waals surface area contributed by atoms with E-state index in [1.54, 1.807) is 13.8 Å². The molecule has 0 bridgehead atoms. The maximum atomic E-state index is 11.6. The standard InChI is InChI=1S/C9H13N3O3/c1-5(2)11-8(13)7-6(9(14)15)4-10-12(7)3/h4-5H,1-3H3,(H,11,13)(H,14,15). The molecule has 0 radical (unpaired) electrons. The van der Waals surface area contributed by atoms with E-state index in [4.69, 9.17) is 5.11 Å². The van der Waals surface area contributed by atoms with Crippen LogP contribution < -0.4 is 5.32 Å². The second-order valence-corrected chi connectivity index (χ2v) is 3.46. The Hall–Kier alpha value is -1.85. The molecule has 6 nitrogen and oxygen atoms in total. The smallest absolute Gasteiger partial charge is 0.339 e. The zero-order chi connectivity index (χ0) is 11.6. The molecule has 1 aromatic rings. The van der Waals surface area contributed by atoms with E-state index in [1.165, 1.54) is 11.7 Å². The largest absolute Gasteiger partial charge is 0.478 e. The third kappa shape index (κ3) is 2.34. The van der Waals surface area contributed by atoms with Gasteiger partial charge in [0.15, 0.2) is 0 Å². The van der Waals surface area contributed by atoms with E-state index in [1.807, 2.05) is 0 Å². The van der Waals surface area contributed by atoms with Crippen LogP contribution >= 0.6 is 0 Å². The first-order chi connectivity index (χ1) is 6.93. The molecule has 15 heavy (non-hydrogen) atoms. The number of aryl methyl sites for hydroxylation is 1. The van der Waals surface area contributed by atoms with E-state index in [-0.39, 0.29) is 17.3 Å². The molecule has 0 aromatic carbocycles. The quantitative estimate of drug-likeness (QED) is 0.750. The van der Waals surface area contributed by atoms with E-state index in [9.17, 15) is 9.59 Å². The summed E-state index contributed by atoms with van der Waals surface area (Å²) in [5, 5.41) is 15.2. The number of carbonyl (C=O) groups is 2. The predicted molar refractivity (Wildman–Crippen MR) is 52.8 cm³/mol. The zero-order valence-corrected chi connectivity index (χ0v) is 8.81. The minimum Gasteiger partial charge on any atom is -0.478 e. The van der Waals surface area contributed by atoms with Crippen LogP contribution in [0.4, 0.5) is 0 Å². The fourth-order valence-corrected chi connectivity index (χ4v) is 1.19. The third-order valence-electron chi connectivity index (χ3n) is 1.80. The van der Waals surface area contributed by atoms with Crippen LogP contribution in [0.5, 0.6) is 0 Å². The maximum absolute atomic E-state index is 11.6. The van der Waals surface area contributed by atoms with Crippen LogP contribution in [0.2, 0.25) is 0 Å². The summed E-state index contributed by atoms with van der Waals surface area (Å²) < 4.78 is 1.25. The van der Waals surface area contributed by atoms with Crippen LogP contribution in [-0.2, 0) is 7.05 Å². The third-order valence-corrected chi connectivity index (χ3v) is 1.80. The normalized spacial score (nSPS) is 10.4. The lowest BCUT2D eigenvalue weighted by molar-refractivity contribution is 0.0690. The van der Waals surface area contributed by atoms with Gasteiger partial charge in [-0.05, 0) is 13.8 Å². The van der Waals surface area contributed by atoms with Crippen LogP contribution in [0, 0.1) is 0 Å². The number of carboxylic acid groups (broad SMARTS) is 1. The number of rotatable bonds is 3. The second kappa shape index (κ2) is 4.12. The molecule has 82 valence electrons. The molecule has 1 rings (SSSR count). The highest BCUT2D eigenvalue weighted by Gasteiger charge is 2.21. The molecule has 0 aliphatic rings. The summed E-state index contributed by atoms with van der Waals surface area (Å²) in [6.07, 6.45) is 1.16. The predicted octanol–water partition coefficient (Wildman–Crippen LogP) is 0.256. The molecular formula is C9H13N3O3. The van der Waals surface area contributed by atoms with Gasteiger partial charge in [0.1, 0.15) is 11.3 Å². The van der Waals surface area contributed by atoms with Gasteiger partial charge in [-0.25, -0.2) is 4.79 Å². The van der Waals surface area contributed by atoms with Gasteiger partial charge in [-0.1, -0.05) is 0 Å². The monoisotopic (exact) mass is 211 g/mol. The minimum atomic E-state index is -1.16. The average Bonchev–Trinajstić information content (AvgIpc) is 2.45. The molecule has 2 N–H and O–H groups in total. The molecule has 0 spiro atoms. The van der Waals surface area contributed by atoms with Gasteiger partial charge in [0.25, 0.3) is 5.91 Å². The molecule has 0 fully saturated rings. The topological polar surface area (TPSA) is 84.2 Å². The zero-order valence-electron chi connectivity index (χ0n) is 8.81. The number of carbonyl (C=O) groups excluding carboxylic acids is 1. The fraction of sp³-hybridized carbons (Fsp3) is 0.444. The molecule has 0 saturated heterocycles. The number of aromatic carboxylic acids is 1. The first-order valence-electron chi connectivity index (χ1n) is 4.49. The lowest BCUT2D eigenvalue weighted by Crippen LogP contribution is -2.32. The van der Waals surface area contributed by atoms with E-state index >= 15 is 0 Å². The van der Waals surface area contributed by atoms with Crippen LogP contribution in [-0.4, -0.2) is 32.8 Å². The first kappa shape index (κ1) is 11.2. The van der Waals surface area contributed by atoms with Gasteiger partial charge in [0.05, 0.1) is 6.20 Å². The van der Waals surface area contributed by atoms with Crippen molar-refractivity contribution >= 4 is 11.9 Å². The van der Waals surface area contributed by atoms with Gasteiger partial charge < -0.3 is 10.4 Å². The fourth-order valence-electron chi connectivity index (χ4n) is 1.19. The Labute approximate surface area is 86.9 Å². The van der Waals surface area contributed by atoms with Crippen LogP contribution in [0.3, 0.4) is 0 Å². The van der Waals surface area contributed by atoms with Gasteiger partial charge in [-0.3, -0.25) is 9.48 Å². The summed E-state index contributed by atoms with van der Waals surface area (Å²) in [6, 6.07) is -0.0472. The number of nitrogens with zero attached hydrogens (tertiary/aromatic N) is 2. The molecule has 0 aliphatic heterocycles. The summed E-state index contributed by atoms with van der Waals surface area (Å²) in [6.45, 7) is 3.60. The Morgan fingerprint density at radius 2 is 2.13 bits per heavy atom. The van der Waals surface area contributed by atoms with Crippen LogP contribution in [0.25, 0.3) is 0 Å². The lowest BCUT2D eigenvalue weighted by Gasteiger charge is -2.08. The highest BCUT2D eigenvalue weighted by Crippen LogP contribution is 2.07. The van der Waals surface area contributed by atoms with Crippen molar-refractivity contribution in [3.63, 3.8) is 0 Å². The Kier molecular flexibility index (Phi) is 3.08. The van der Waals surface area contributed by atoms with Crippen molar-refractivity contribution in [2.75, 3.05) is 0 Å². The number of hydrogen-bond donors (Lipinski definition) is 2. The van der Waals surface area contributed by atoms with Gasteiger partial charge in [0.2, 0.25) is 0 Å². The van der Waals surface area contributed by atoms with Gasteiger partial charge in [-0.15, -0.1) is 0 Å². The first-order valence-corrected chi connectivity index (χ1v) is 4.49. The van der Waals surface area contributed by atoms with Crippen molar-refractivity contribution in [2.45, 2.75) is 19.9 Å². The van der Waals surface area contributed by atoms with Gasteiger partial charge in [0, 0.05) is 13.1 Å². The van der Waals surface area contributed by atoms with E-state index in [0.29, 0.717) is 0 Å². The molecule has 1 aromatic heterocycles. The van der Waals surface area contributed by atoms with E-state index in [2.05, 4.69) is 10.4 Å². The van der Waals surface area contributed by atoms with Crippen LogP contribution in [0.1, 0.15) is 34.7 Å². The Morgan fingerprint density at radius 3 is 2.60 bits per heavy atom. The Morgan fingerprint density at radius 1 is 1.53 bits per heavy atom. The van der Waals surface area contributed by atoms with Crippen molar-refractivity contribution < 1.29 is 14.7 Å². The SMILES string of the molecule is CC(C)NC(=O)c1c(C(=O)O)cnn1C. The Balaban J connectivity index is 3.06. The number of carboxylic acids is 1. The summed E-state index contributed by atoms with van der Waals surface area (Å²) in [7, 11) is 1.53.